The van der Waals surface area contributed by atoms with E-state index in [0.29, 0.717) is 36.1 Å². The summed E-state index contributed by atoms with van der Waals surface area (Å²) < 4.78 is 22.8. The number of aromatic carboxylic acids is 1. The van der Waals surface area contributed by atoms with Crippen molar-refractivity contribution in [3.05, 3.63) is 82.4 Å². The lowest BCUT2D eigenvalue weighted by Gasteiger charge is -2.28. The second-order valence-electron chi connectivity index (χ2n) is 8.36. The summed E-state index contributed by atoms with van der Waals surface area (Å²) in [4.78, 5) is 39.0. The van der Waals surface area contributed by atoms with Crippen LogP contribution >= 0.6 is 0 Å². The molecule has 0 aliphatic carbocycles. The van der Waals surface area contributed by atoms with Crippen molar-refractivity contribution in [2.24, 2.45) is 0 Å². The zero-order chi connectivity index (χ0) is 24.5. The first-order valence-electron chi connectivity index (χ1n) is 11.1. The Hall–Kier alpha value is -4.34. The van der Waals surface area contributed by atoms with E-state index in [-0.39, 0.29) is 11.4 Å². The molecule has 0 bridgehead atoms. The van der Waals surface area contributed by atoms with Gasteiger partial charge >= 0.3 is 5.97 Å². The normalized spacial score (nSPS) is 15.5. The van der Waals surface area contributed by atoms with Gasteiger partial charge in [-0.2, -0.15) is 0 Å². The predicted octanol–water partition coefficient (Wildman–Crippen LogP) is 3.37. The Labute approximate surface area is 199 Å². The average molecular weight is 475 g/mol. The number of carboxylic acids is 1. The molecule has 0 unspecified atom stereocenters. The van der Waals surface area contributed by atoms with Crippen LogP contribution < -0.4 is 15.1 Å². The van der Waals surface area contributed by atoms with Gasteiger partial charge in [0.1, 0.15) is 18.0 Å². The summed E-state index contributed by atoms with van der Waals surface area (Å²) >= 11 is 0. The van der Waals surface area contributed by atoms with Crippen molar-refractivity contribution in [1.29, 1.82) is 0 Å². The largest absolute Gasteiger partial charge is 0.477 e. The molecule has 1 atom stereocenters. The van der Waals surface area contributed by atoms with Crippen molar-refractivity contribution in [2.75, 3.05) is 18.1 Å². The van der Waals surface area contributed by atoms with Gasteiger partial charge in [-0.15, -0.1) is 0 Å². The number of halogens is 1. The standard InChI is InChI=1S/C25H22FN5O4/c1-15-4-2-6-29-24(15)35-14-16-5-3-9-30(16)21-11-20-17(10-19(21)26)23(32)18(25(33)34)13-31(20)22-12-27-7-8-28-22/h2,4,6-8,10-13,16H,3,5,9,14H2,1H3,(H,33,34)/t16-/m1/s1. The third-order valence-corrected chi connectivity index (χ3v) is 6.16. The van der Waals surface area contributed by atoms with Crippen LogP contribution in [0, 0.1) is 12.7 Å². The molecular formula is C25H22FN5O4. The van der Waals surface area contributed by atoms with Gasteiger partial charge in [0, 0.05) is 36.9 Å². The van der Waals surface area contributed by atoms with Crippen molar-refractivity contribution in [3.63, 3.8) is 0 Å². The number of rotatable bonds is 6. The number of carbonyl (C=O) groups is 1. The molecule has 3 aromatic heterocycles. The average Bonchev–Trinajstić information content (AvgIpc) is 3.32. The number of hydrogen-bond acceptors (Lipinski definition) is 7. The van der Waals surface area contributed by atoms with Crippen molar-refractivity contribution in [3.8, 4) is 11.7 Å². The maximum absolute atomic E-state index is 15.4. The van der Waals surface area contributed by atoms with Crippen molar-refractivity contribution in [2.45, 2.75) is 25.8 Å². The fourth-order valence-corrected chi connectivity index (χ4v) is 4.44. The molecule has 1 saturated heterocycles. The number of aromatic nitrogens is 4. The number of carboxylic acid groups (broad SMARTS) is 1. The molecule has 1 aliphatic heterocycles. The van der Waals surface area contributed by atoms with Crippen molar-refractivity contribution >= 4 is 22.6 Å². The van der Waals surface area contributed by atoms with Crippen LogP contribution in [0.2, 0.25) is 0 Å². The van der Waals surface area contributed by atoms with E-state index in [4.69, 9.17) is 4.74 Å². The van der Waals surface area contributed by atoms with Gasteiger partial charge in [0.15, 0.2) is 5.82 Å². The number of fused-ring (bicyclic) bond motifs is 1. The summed E-state index contributed by atoms with van der Waals surface area (Å²) in [6.45, 7) is 2.85. The van der Waals surface area contributed by atoms with Crippen molar-refractivity contribution in [1.82, 2.24) is 19.5 Å². The molecule has 10 heteroatoms. The molecule has 9 nitrogen and oxygen atoms in total. The van der Waals surface area contributed by atoms with E-state index in [2.05, 4.69) is 15.0 Å². The number of ether oxygens (including phenoxy) is 1. The lowest BCUT2D eigenvalue weighted by Crippen LogP contribution is -2.35. The fourth-order valence-electron chi connectivity index (χ4n) is 4.44. The van der Waals surface area contributed by atoms with Crippen LogP contribution in [-0.4, -0.2) is 49.8 Å². The van der Waals surface area contributed by atoms with E-state index in [1.54, 1.807) is 12.3 Å². The highest BCUT2D eigenvalue weighted by Gasteiger charge is 2.29. The minimum atomic E-state index is -1.40. The van der Waals surface area contributed by atoms with Crippen LogP contribution in [0.5, 0.6) is 5.88 Å². The Morgan fingerprint density at radius 1 is 1.26 bits per heavy atom. The summed E-state index contributed by atoms with van der Waals surface area (Å²) in [6.07, 6.45) is 8.90. The number of hydrogen-bond donors (Lipinski definition) is 1. The van der Waals surface area contributed by atoms with Gasteiger partial charge in [0.2, 0.25) is 11.3 Å². The molecular weight excluding hydrogens is 453 g/mol. The molecule has 4 aromatic rings. The second kappa shape index (κ2) is 9.13. The summed E-state index contributed by atoms with van der Waals surface area (Å²) in [5.41, 5.74) is 0.320. The quantitative estimate of drug-likeness (QED) is 0.452. The Bertz CT molecular complexity index is 1470. The van der Waals surface area contributed by atoms with E-state index in [1.807, 2.05) is 24.0 Å². The highest BCUT2D eigenvalue weighted by Crippen LogP contribution is 2.32. The molecule has 1 aromatic carbocycles. The first-order chi connectivity index (χ1) is 16.9. The number of anilines is 1. The van der Waals surface area contributed by atoms with Gasteiger partial charge in [0.05, 0.1) is 28.8 Å². The van der Waals surface area contributed by atoms with Crippen LogP contribution in [0.1, 0.15) is 28.8 Å². The summed E-state index contributed by atoms with van der Waals surface area (Å²) in [7, 11) is 0. The molecule has 0 spiro atoms. The molecule has 1 fully saturated rings. The van der Waals surface area contributed by atoms with E-state index >= 15 is 4.39 Å². The number of nitrogens with zero attached hydrogens (tertiary/aromatic N) is 5. The Morgan fingerprint density at radius 3 is 2.86 bits per heavy atom. The van der Waals surface area contributed by atoms with Gasteiger partial charge in [0.25, 0.3) is 0 Å². The van der Waals surface area contributed by atoms with E-state index in [0.717, 1.165) is 24.5 Å². The summed E-state index contributed by atoms with van der Waals surface area (Å²) in [6, 6.07) is 6.32. The van der Waals surface area contributed by atoms with Crippen molar-refractivity contribution < 1.29 is 19.0 Å². The molecule has 1 N–H and O–H groups in total. The molecule has 0 saturated carbocycles. The molecule has 178 valence electrons. The maximum atomic E-state index is 15.4. The topological polar surface area (TPSA) is 110 Å². The fraction of sp³-hybridized carbons (Fsp3) is 0.240. The highest BCUT2D eigenvalue weighted by atomic mass is 19.1. The molecule has 1 aliphatic rings. The first-order valence-corrected chi connectivity index (χ1v) is 11.1. The Balaban J connectivity index is 1.58. The molecule has 4 heterocycles. The van der Waals surface area contributed by atoms with Gasteiger partial charge in [-0.05, 0) is 38.0 Å². The lowest BCUT2D eigenvalue weighted by atomic mass is 10.1. The Kier molecular flexibility index (Phi) is 5.86. The van der Waals surface area contributed by atoms with E-state index in [9.17, 15) is 14.7 Å². The highest BCUT2D eigenvalue weighted by molar-refractivity contribution is 5.94. The summed E-state index contributed by atoms with van der Waals surface area (Å²) in [5, 5.41) is 9.48. The minimum Gasteiger partial charge on any atom is -0.477 e. The smallest absolute Gasteiger partial charge is 0.341 e. The van der Waals surface area contributed by atoms with E-state index in [1.165, 1.54) is 29.4 Å². The van der Waals surface area contributed by atoms with Gasteiger partial charge in [-0.1, -0.05) is 6.07 Å². The predicted molar refractivity (Wildman–Crippen MR) is 127 cm³/mol. The zero-order valence-corrected chi connectivity index (χ0v) is 18.9. The second-order valence-corrected chi connectivity index (χ2v) is 8.36. The first kappa shape index (κ1) is 22.5. The van der Waals surface area contributed by atoms with E-state index < -0.39 is 22.8 Å². The zero-order valence-electron chi connectivity index (χ0n) is 18.9. The molecule has 0 radical (unpaired) electrons. The molecule has 0 amide bonds. The van der Waals surface area contributed by atoms with Crippen LogP contribution in [0.15, 0.2) is 60.0 Å². The monoisotopic (exact) mass is 475 g/mol. The maximum Gasteiger partial charge on any atom is 0.341 e. The SMILES string of the molecule is Cc1cccnc1OC[C@H]1CCCN1c1cc2c(cc1F)c(=O)c(C(=O)O)cn2-c1cnccn1. The molecule has 35 heavy (non-hydrogen) atoms. The third-order valence-electron chi connectivity index (χ3n) is 6.16. The molecule has 5 rings (SSSR count). The van der Waals surface area contributed by atoms with Gasteiger partial charge in [-0.25, -0.2) is 19.2 Å². The summed E-state index contributed by atoms with van der Waals surface area (Å²) in [5.74, 6) is -1.16. The van der Waals surface area contributed by atoms with Crippen LogP contribution in [0.4, 0.5) is 10.1 Å². The minimum absolute atomic E-state index is 0.0482. The number of benzene rings is 1. The van der Waals surface area contributed by atoms with Crippen LogP contribution in [0.25, 0.3) is 16.7 Å². The van der Waals surface area contributed by atoms with Gasteiger partial charge in [-0.3, -0.25) is 14.3 Å². The van der Waals surface area contributed by atoms with Crippen LogP contribution in [0.3, 0.4) is 0 Å². The van der Waals surface area contributed by atoms with Gasteiger partial charge < -0.3 is 14.7 Å². The Morgan fingerprint density at radius 2 is 2.11 bits per heavy atom. The lowest BCUT2D eigenvalue weighted by molar-refractivity contribution is 0.0695. The number of pyridine rings is 2. The number of aryl methyl sites for hydroxylation is 1. The third kappa shape index (κ3) is 4.18. The van der Waals surface area contributed by atoms with Crippen LogP contribution in [-0.2, 0) is 0 Å².